The normalized spacial score (nSPS) is 16.1. The van der Waals surface area contributed by atoms with Gasteiger partial charge in [0.15, 0.2) is 0 Å². The third kappa shape index (κ3) is 6.08. The molecule has 0 fully saturated rings. The van der Waals surface area contributed by atoms with Gasteiger partial charge in [-0.05, 0) is 0 Å². The van der Waals surface area contributed by atoms with Crippen LogP contribution in [-0.4, -0.2) is 20.9 Å². The van der Waals surface area contributed by atoms with Crippen molar-refractivity contribution in [3.63, 3.8) is 0 Å². The Balaban J connectivity index is 2.03. The first-order valence-corrected chi connectivity index (χ1v) is 11.3. The fourth-order valence-corrected chi connectivity index (χ4v) is 7.33. The number of thioether (sulfide) groups is 1. The number of unbranched alkanes of at least 4 members (excludes halogenated alkanes) is 1. The summed E-state index contributed by atoms with van der Waals surface area (Å²) >= 11 is 2.00. The molecule has 0 saturated heterocycles. The first kappa shape index (κ1) is 16.2. The second kappa shape index (κ2) is 9.72. The molecule has 1 aromatic carbocycles. The molecule has 0 unspecified atom stereocenters. The van der Waals surface area contributed by atoms with E-state index in [4.69, 9.17) is 0 Å². The van der Waals surface area contributed by atoms with Gasteiger partial charge in [0.2, 0.25) is 0 Å². The molecule has 0 bridgehead atoms. The van der Waals surface area contributed by atoms with E-state index in [-0.39, 0.29) is 20.9 Å². The summed E-state index contributed by atoms with van der Waals surface area (Å²) < 4.78 is 3.11. The quantitative estimate of drug-likeness (QED) is 0.306. The van der Waals surface area contributed by atoms with Crippen molar-refractivity contribution in [1.29, 1.82) is 0 Å². The standard InChI is InChI=1S/C18H24STe/c1-2-3-14-20-18(15-16-10-6-4-7-11-16)19-17-12-8-5-9-13-17/h5,8-10,12-13,15H,2-4,6-7,11,14H2,1H3/b18-15+. The van der Waals surface area contributed by atoms with Crippen molar-refractivity contribution in [3.8, 4) is 0 Å². The van der Waals surface area contributed by atoms with Gasteiger partial charge in [-0.1, -0.05) is 0 Å². The number of hydrogen-bond acceptors (Lipinski definition) is 1. The van der Waals surface area contributed by atoms with Crippen molar-refractivity contribution < 1.29 is 0 Å². The van der Waals surface area contributed by atoms with Crippen molar-refractivity contribution in [2.45, 2.75) is 54.8 Å². The fraction of sp³-hybridized carbons (Fsp3) is 0.444. The van der Waals surface area contributed by atoms with Gasteiger partial charge in [0.05, 0.1) is 0 Å². The SMILES string of the molecule is CCCC[Te]/C(=C/C1=CCCCC1)Sc1ccccc1. The van der Waals surface area contributed by atoms with Crippen LogP contribution >= 0.6 is 11.8 Å². The summed E-state index contributed by atoms with van der Waals surface area (Å²) in [5.74, 6) is 0. The van der Waals surface area contributed by atoms with Crippen LogP contribution in [0.4, 0.5) is 0 Å². The summed E-state index contributed by atoms with van der Waals surface area (Å²) in [6.45, 7) is 2.30. The Morgan fingerprint density at radius 2 is 2.10 bits per heavy atom. The van der Waals surface area contributed by atoms with E-state index in [0.29, 0.717) is 0 Å². The molecule has 0 aliphatic heterocycles. The van der Waals surface area contributed by atoms with E-state index in [0.717, 1.165) is 0 Å². The Kier molecular flexibility index (Phi) is 7.88. The van der Waals surface area contributed by atoms with Gasteiger partial charge >= 0.3 is 139 Å². The molecule has 2 heteroatoms. The van der Waals surface area contributed by atoms with Crippen LogP contribution in [0, 0.1) is 0 Å². The summed E-state index contributed by atoms with van der Waals surface area (Å²) in [6, 6.07) is 10.9. The third-order valence-corrected chi connectivity index (χ3v) is 8.22. The summed E-state index contributed by atoms with van der Waals surface area (Å²) in [5.41, 5.74) is 1.59. The molecule has 0 N–H and O–H groups in total. The van der Waals surface area contributed by atoms with Crippen molar-refractivity contribution in [3.05, 3.63) is 51.0 Å². The Hall–Kier alpha value is -0.160. The maximum atomic E-state index is 2.52. The molecule has 1 aromatic rings. The Bertz CT molecular complexity index is 448. The van der Waals surface area contributed by atoms with Gasteiger partial charge in [0, 0.05) is 0 Å². The van der Waals surface area contributed by atoms with Crippen LogP contribution in [0.15, 0.2) is 55.9 Å². The average Bonchev–Trinajstić information content (AvgIpc) is 2.49. The van der Waals surface area contributed by atoms with E-state index in [1.807, 2.05) is 11.8 Å². The van der Waals surface area contributed by atoms with E-state index >= 15 is 0 Å². The first-order valence-electron chi connectivity index (χ1n) is 7.65. The topological polar surface area (TPSA) is 0 Å². The van der Waals surface area contributed by atoms with Gasteiger partial charge in [-0.3, -0.25) is 0 Å². The molecule has 0 saturated carbocycles. The van der Waals surface area contributed by atoms with Crippen LogP contribution in [0.3, 0.4) is 0 Å². The Morgan fingerprint density at radius 1 is 1.25 bits per heavy atom. The van der Waals surface area contributed by atoms with Crippen molar-refractivity contribution in [2.24, 2.45) is 0 Å². The predicted molar refractivity (Wildman–Crippen MR) is 92.4 cm³/mol. The van der Waals surface area contributed by atoms with Crippen LogP contribution < -0.4 is 0 Å². The molecule has 108 valence electrons. The van der Waals surface area contributed by atoms with Gasteiger partial charge in [-0.2, -0.15) is 0 Å². The molecule has 0 aromatic heterocycles. The molecule has 0 nitrogen and oxygen atoms in total. The number of rotatable bonds is 7. The van der Waals surface area contributed by atoms with Gasteiger partial charge in [-0.15, -0.1) is 0 Å². The summed E-state index contributed by atoms with van der Waals surface area (Å²) in [4.78, 5) is 1.40. The molecular formula is C18H24STe. The second-order valence-electron chi connectivity index (χ2n) is 5.11. The Labute approximate surface area is 138 Å². The minimum atomic E-state index is -0.00691. The molecule has 2 rings (SSSR count). The number of hydrogen-bond donors (Lipinski definition) is 0. The van der Waals surface area contributed by atoms with Gasteiger partial charge in [-0.25, -0.2) is 0 Å². The van der Waals surface area contributed by atoms with Crippen molar-refractivity contribution in [2.75, 3.05) is 0 Å². The van der Waals surface area contributed by atoms with Crippen LogP contribution in [-0.2, 0) is 0 Å². The Morgan fingerprint density at radius 3 is 2.80 bits per heavy atom. The van der Waals surface area contributed by atoms with Crippen LogP contribution in [0.1, 0.15) is 45.4 Å². The van der Waals surface area contributed by atoms with E-state index in [1.165, 1.54) is 47.9 Å². The van der Waals surface area contributed by atoms with Gasteiger partial charge < -0.3 is 0 Å². The summed E-state index contributed by atoms with van der Waals surface area (Å²) in [7, 11) is 0. The van der Waals surface area contributed by atoms with E-state index < -0.39 is 0 Å². The molecule has 0 radical (unpaired) electrons. The van der Waals surface area contributed by atoms with Crippen LogP contribution in [0.2, 0.25) is 4.47 Å². The van der Waals surface area contributed by atoms with E-state index in [2.05, 4.69) is 49.4 Å². The fourth-order valence-electron chi connectivity index (χ4n) is 2.17. The molecule has 0 heterocycles. The predicted octanol–water partition coefficient (Wildman–Crippen LogP) is 6.04. The molecule has 20 heavy (non-hydrogen) atoms. The molecular weight excluding hydrogens is 376 g/mol. The zero-order valence-corrected chi connectivity index (χ0v) is 15.5. The monoisotopic (exact) mass is 402 g/mol. The van der Waals surface area contributed by atoms with E-state index in [1.54, 1.807) is 8.53 Å². The molecule has 0 atom stereocenters. The van der Waals surface area contributed by atoms with Crippen LogP contribution in [0.5, 0.6) is 0 Å². The van der Waals surface area contributed by atoms with E-state index in [9.17, 15) is 0 Å². The average molecular weight is 400 g/mol. The maximum absolute atomic E-state index is 2.52. The van der Waals surface area contributed by atoms with Gasteiger partial charge in [0.1, 0.15) is 0 Å². The molecule has 0 amide bonds. The van der Waals surface area contributed by atoms with Crippen molar-refractivity contribution in [1.82, 2.24) is 0 Å². The molecule has 0 spiro atoms. The van der Waals surface area contributed by atoms with Gasteiger partial charge in [0.25, 0.3) is 0 Å². The summed E-state index contributed by atoms with van der Waals surface area (Å²) in [6.07, 6.45) is 13.0. The number of allylic oxidation sites excluding steroid dienone is 3. The number of benzene rings is 1. The first-order chi connectivity index (χ1) is 9.88. The van der Waals surface area contributed by atoms with Crippen LogP contribution in [0.25, 0.3) is 0 Å². The summed E-state index contributed by atoms with van der Waals surface area (Å²) in [5, 5.41) is 0. The second-order valence-corrected chi connectivity index (χ2v) is 10.3. The zero-order chi connectivity index (χ0) is 14.0. The molecule has 1 aliphatic carbocycles. The zero-order valence-electron chi connectivity index (χ0n) is 12.3. The minimum absolute atomic E-state index is 0.00691. The molecule has 1 aliphatic rings. The third-order valence-electron chi connectivity index (χ3n) is 3.33. The van der Waals surface area contributed by atoms with Crippen molar-refractivity contribution >= 4 is 32.7 Å².